The van der Waals surface area contributed by atoms with Gasteiger partial charge in [-0.05, 0) is 30.5 Å². The maximum Gasteiger partial charge on any atom is 0.143 e. The molecular formula is C15H13N5. The number of fused-ring (bicyclic) bond motifs is 2. The Morgan fingerprint density at radius 1 is 1.20 bits per heavy atom. The third-order valence-electron chi connectivity index (χ3n) is 3.67. The Morgan fingerprint density at radius 3 is 3.10 bits per heavy atom. The summed E-state index contributed by atoms with van der Waals surface area (Å²) < 4.78 is 0. The van der Waals surface area contributed by atoms with E-state index in [-0.39, 0.29) is 0 Å². The molecule has 0 radical (unpaired) electrons. The van der Waals surface area contributed by atoms with E-state index in [0.717, 1.165) is 40.7 Å². The second kappa shape index (κ2) is 4.16. The van der Waals surface area contributed by atoms with Gasteiger partial charge >= 0.3 is 0 Å². The van der Waals surface area contributed by atoms with Crippen LogP contribution in [0.15, 0.2) is 30.9 Å². The van der Waals surface area contributed by atoms with Gasteiger partial charge in [-0.3, -0.25) is 4.98 Å². The molecule has 3 aromatic heterocycles. The van der Waals surface area contributed by atoms with Gasteiger partial charge in [0.1, 0.15) is 17.8 Å². The largest absolute Gasteiger partial charge is 0.383 e. The summed E-state index contributed by atoms with van der Waals surface area (Å²) in [4.78, 5) is 15.9. The van der Waals surface area contributed by atoms with Gasteiger partial charge < -0.3 is 10.7 Å². The highest BCUT2D eigenvalue weighted by Crippen LogP contribution is 2.32. The molecule has 1 aliphatic carbocycles. The number of hydrogen-bond acceptors (Lipinski definition) is 4. The smallest absolute Gasteiger partial charge is 0.143 e. The van der Waals surface area contributed by atoms with Crippen LogP contribution in [0.25, 0.3) is 28.2 Å². The fourth-order valence-electron chi connectivity index (χ4n) is 2.67. The van der Waals surface area contributed by atoms with Gasteiger partial charge in [-0.15, -0.1) is 0 Å². The van der Waals surface area contributed by atoms with Crippen molar-refractivity contribution in [2.45, 2.75) is 12.8 Å². The summed E-state index contributed by atoms with van der Waals surface area (Å²) in [7, 11) is 0. The van der Waals surface area contributed by atoms with Crippen LogP contribution >= 0.6 is 0 Å². The molecule has 0 fully saturated rings. The lowest BCUT2D eigenvalue weighted by Gasteiger charge is -2.11. The summed E-state index contributed by atoms with van der Waals surface area (Å²) in [6, 6.07) is 2.18. The Morgan fingerprint density at radius 2 is 2.15 bits per heavy atom. The number of allylic oxidation sites excluding steroid dienone is 1. The zero-order chi connectivity index (χ0) is 13.5. The molecule has 0 atom stereocenters. The van der Waals surface area contributed by atoms with Gasteiger partial charge in [0, 0.05) is 23.5 Å². The van der Waals surface area contributed by atoms with Crippen molar-refractivity contribution >= 4 is 22.9 Å². The van der Waals surface area contributed by atoms with Gasteiger partial charge in [0.05, 0.1) is 11.1 Å². The zero-order valence-corrected chi connectivity index (χ0v) is 10.8. The van der Waals surface area contributed by atoms with Crippen molar-refractivity contribution in [2.75, 3.05) is 5.73 Å². The third kappa shape index (κ3) is 1.60. The summed E-state index contributed by atoms with van der Waals surface area (Å²) >= 11 is 0. The quantitative estimate of drug-likeness (QED) is 0.707. The first-order chi connectivity index (χ1) is 9.83. The van der Waals surface area contributed by atoms with Gasteiger partial charge in [-0.25, -0.2) is 9.97 Å². The van der Waals surface area contributed by atoms with E-state index in [1.807, 2.05) is 12.4 Å². The van der Waals surface area contributed by atoms with Crippen molar-refractivity contribution in [3.8, 4) is 11.1 Å². The summed E-state index contributed by atoms with van der Waals surface area (Å²) in [5, 5.41) is 0.862. The first-order valence-corrected chi connectivity index (χ1v) is 6.56. The summed E-state index contributed by atoms with van der Waals surface area (Å²) in [6.45, 7) is 0. The van der Waals surface area contributed by atoms with Gasteiger partial charge in [-0.1, -0.05) is 6.08 Å². The fourth-order valence-corrected chi connectivity index (χ4v) is 2.67. The van der Waals surface area contributed by atoms with E-state index in [4.69, 9.17) is 5.73 Å². The molecule has 5 heteroatoms. The number of nitrogens with zero attached hydrogens (tertiary/aromatic N) is 3. The molecule has 1 aliphatic rings. The molecule has 98 valence electrons. The van der Waals surface area contributed by atoms with E-state index in [0.29, 0.717) is 5.82 Å². The molecule has 4 rings (SSSR count). The SMILES string of the molecule is Nc1ncnc2[nH]cc(-c3cnc4c(c3)CCC=C4)c12. The number of hydrogen-bond donors (Lipinski definition) is 2. The summed E-state index contributed by atoms with van der Waals surface area (Å²) in [5.41, 5.74) is 11.1. The first-order valence-electron chi connectivity index (χ1n) is 6.56. The lowest BCUT2D eigenvalue weighted by Crippen LogP contribution is -1.98. The van der Waals surface area contributed by atoms with E-state index < -0.39 is 0 Å². The number of rotatable bonds is 1. The van der Waals surface area contributed by atoms with Gasteiger partial charge in [-0.2, -0.15) is 0 Å². The number of aryl methyl sites for hydroxylation is 1. The van der Waals surface area contributed by atoms with Crippen molar-refractivity contribution in [2.24, 2.45) is 0 Å². The Bertz CT molecular complexity index is 831. The maximum absolute atomic E-state index is 5.97. The molecule has 5 nitrogen and oxygen atoms in total. The molecule has 0 unspecified atom stereocenters. The van der Waals surface area contributed by atoms with E-state index in [1.165, 1.54) is 11.9 Å². The van der Waals surface area contributed by atoms with Crippen LogP contribution in [-0.2, 0) is 6.42 Å². The Hall–Kier alpha value is -2.69. The van der Waals surface area contributed by atoms with E-state index in [9.17, 15) is 0 Å². The van der Waals surface area contributed by atoms with Crippen LogP contribution in [0.1, 0.15) is 17.7 Å². The predicted molar refractivity (Wildman–Crippen MR) is 78.9 cm³/mol. The minimum Gasteiger partial charge on any atom is -0.383 e. The van der Waals surface area contributed by atoms with Crippen LogP contribution in [0.3, 0.4) is 0 Å². The highest BCUT2D eigenvalue weighted by atomic mass is 15.0. The fraction of sp³-hybridized carbons (Fsp3) is 0.133. The van der Waals surface area contributed by atoms with Crippen molar-refractivity contribution in [3.63, 3.8) is 0 Å². The molecule has 20 heavy (non-hydrogen) atoms. The number of H-pyrrole nitrogens is 1. The molecule has 3 heterocycles. The first kappa shape index (κ1) is 11.2. The molecule has 0 saturated carbocycles. The standard InChI is InChI=1S/C15H13N5/c16-14-13-11(7-18-15(13)20-8-19-14)10-5-9-3-1-2-4-12(9)17-6-10/h2,4-8H,1,3H2,(H3,16,18,19,20). The topological polar surface area (TPSA) is 80.5 Å². The molecule has 0 saturated heterocycles. The van der Waals surface area contributed by atoms with Crippen LogP contribution in [0.4, 0.5) is 5.82 Å². The Labute approximate surface area is 115 Å². The van der Waals surface area contributed by atoms with Crippen molar-refractivity contribution in [1.29, 1.82) is 0 Å². The molecule has 3 N–H and O–H groups in total. The van der Waals surface area contributed by atoms with Crippen molar-refractivity contribution in [3.05, 3.63) is 42.1 Å². The lowest BCUT2D eigenvalue weighted by atomic mass is 9.98. The van der Waals surface area contributed by atoms with Crippen molar-refractivity contribution in [1.82, 2.24) is 19.9 Å². The maximum atomic E-state index is 5.97. The molecule has 0 spiro atoms. The Kier molecular flexibility index (Phi) is 2.32. The van der Waals surface area contributed by atoms with E-state index in [1.54, 1.807) is 0 Å². The predicted octanol–water partition coefficient (Wildman–Crippen LogP) is 2.56. The summed E-state index contributed by atoms with van der Waals surface area (Å²) in [5.74, 6) is 0.490. The highest BCUT2D eigenvalue weighted by molar-refractivity contribution is 6.00. The van der Waals surface area contributed by atoms with Crippen LogP contribution in [0.5, 0.6) is 0 Å². The molecule has 0 bridgehead atoms. The number of nitrogen functional groups attached to an aromatic ring is 1. The van der Waals surface area contributed by atoms with Crippen LogP contribution < -0.4 is 5.73 Å². The van der Waals surface area contributed by atoms with E-state index >= 15 is 0 Å². The van der Waals surface area contributed by atoms with Crippen molar-refractivity contribution < 1.29 is 0 Å². The molecular weight excluding hydrogens is 250 g/mol. The number of nitrogens with two attached hydrogens (primary N) is 1. The molecule has 3 aromatic rings. The number of aromatic amines is 1. The molecule has 0 aliphatic heterocycles. The van der Waals surface area contributed by atoms with E-state index in [2.05, 4.69) is 38.2 Å². The summed E-state index contributed by atoms with van der Waals surface area (Å²) in [6.07, 6.45) is 11.6. The number of aromatic nitrogens is 4. The Balaban J connectivity index is 1.93. The highest BCUT2D eigenvalue weighted by Gasteiger charge is 2.13. The number of pyridine rings is 1. The normalized spacial score (nSPS) is 13.6. The van der Waals surface area contributed by atoms with Crippen LogP contribution in [0.2, 0.25) is 0 Å². The lowest BCUT2D eigenvalue weighted by molar-refractivity contribution is 0.965. The zero-order valence-electron chi connectivity index (χ0n) is 10.8. The third-order valence-corrected chi connectivity index (χ3v) is 3.67. The average Bonchev–Trinajstić information content (AvgIpc) is 2.92. The second-order valence-electron chi connectivity index (χ2n) is 4.89. The minimum atomic E-state index is 0.490. The van der Waals surface area contributed by atoms with Crippen LogP contribution in [-0.4, -0.2) is 19.9 Å². The second-order valence-corrected chi connectivity index (χ2v) is 4.89. The number of anilines is 1. The van der Waals surface area contributed by atoms with Gasteiger partial charge in [0.2, 0.25) is 0 Å². The number of nitrogens with one attached hydrogen (secondary N) is 1. The molecule has 0 aromatic carbocycles. The van der Waals surface area contributed by atoms with Gasteiger partial charge in [0.25, 0.3) is 0 Å². The van der Waals surface area contributed by atoms with Crippen LogP contribution in [0, 0.1) is 0 Å². The minimum absolute atomic E-state index is 0.490. The average molecular weight is 263 g/mol. The monoisotopic (exact) mass is 263 g/mol. The molecule has 0 amide bonds. The van der Waals surface area contributed by atoms with Gasteiger partial charge in [0.15, 0.2) is 0 Å².